The third-order valence-electron chi connectivity index (χ3n) is 6.41. The molecule has 240 valence electrons. The van der Waals surface area contributed by atoms with Crippen LogP contribution < -0.4 is 10.6 Å². The van der Waals surface area contributed by atoms with Crippen LogP contribution in [0.15, 0.2) is 0 Å². The lowest BCUT2D eigenvalue weighted by molar-refractivity contribution is -0.127. The summed E-state index contributed by atoms with van der Waals surface area (Å²) >= 11 is 2.48. The van der Waals surface area contributed by atoms with E-state index in [9.17, 15) is 34.8 Å². The molecule has 0 spiro atoms. The Balaban J connectivity index is 2.21. The molecule has 1 saturated heterocycles. The fourth-order valence-electron chi connectivity index (χ4n) is 4.76. The van der Waals surface area contributed by atoms with Crippen LogP contribution in [0.4, 0.5) is 0 Å². The van der Waals surface area contributed by atoms with Crippen molar-refractivity contribution in [2.24, 2.45) is 0 Å². The number of amides is 1. The zero-order valence-electron chi connectivity index (χ0n) is 25.3. The zero-order valence-corrected chi connectivity index (χ0v) is 26.9. The van der Waals surface area contributed by atoms with Crippen LogP contribution in [0.2, 0.25) is 0 Å². The first-order chi connectivity index (χ1) is 19.3. The molecule has 1 aliphatic heterocycles. The molecule has 1 aliphatic rings. The molecule has 1 rings (SSSR count). The Bertz CT molecular complexity index is 739. The minimum absolute atomic E-state index is 0.0208. The second kappa shape index (κ2) is 21.8. The summed E-state index contributed by atoms with van der Waals surface area (Å²) in [6, 6.07) is -0.881. The van der Waals surface area contributed by atoms with Gasteiger partial charge in [0.1, 0.15) is 0 Å². The van der Waals surface area contributed by atoms with E-state index in [1.807, 2.05) is 9.80 Å². The van der Waals surface area contributed by atoms with Crippen LogP contribution in [0.3, 0.4) is 0 Å². The van der Waals surface area contributed by atoms with Crippen LogP contribution in [0.5, 0.6) is 0 Å². The zero-order chi connectivity index (χ0) is 30.8. The SMILES string of the molecule is CC(O)CN(CCCCSC(=O)CC1CNC(CC(=O)SCCCCN(CC(C)O)CC(C)O)C(=O)N1)CC(C)O. The van der Waals surface area contributed by atoms with E-state index in [0.29, 0.717) is 44.2 Å². The molecule has 0 radical (unpaired) electrons. The standard InChI is InChI=1S/C28H54N4O7S2/c1-20(33)16-31(17-21(2)34)9-5-7-11-40-26(37)13-24-15-29-25(28(39)30-24)14-27(38)41-12-8-6-10-32(18-22(3)35)19-23(4)36/h20-25,29,33-36H,5-19H2,1-4H3,(H,30,39). The second-order valence-corrected chi connectivity index (χ2v) is 13.6. The Morgan fingerprint density at radius 2 is 1.17 bits per heavy atom. The highest BCUT2D eigenvalue weighted by Gasteiger charge is 2.30. The Morgan fingerprint density at radius 3 is 1.56 bits per heavy atom. The number of hydrogen-bond donors (Lipinski definition) is 6. The Labute approximate surface area is 254 Å². The number of rotatable bonds is 22. The van der Waals surface area contributed by atoms with Crippen LogP contribution in [-0.2, 0) is 14.4 Å². The number of aliphatic hydroxyl groups excluding tert-OH is 4. The van der Waals surface area contributed by atoms with Crippen molar-refractivity contribution in [3.63, 3.8) is 0 Å². The third-order valence-corrected chi connectivity index (χ3v) is 8.37. The van der Waals surface area contributed by atoms with Gasteiger partial charge in [-0.25, -0.2) is 0 Å². The van der Waals surface area contributed by atoms with Crippen LogP contribution in [0.1, 0.15) is 66.2 Å². The quantitative estimate of drug-likeness (QED) is 0.0925. The fraction of sp³-hybridized carbons (Fsp3) is 0.893. The summed E-state index contributed by atoms with van der Waals surface area (Å²) in [5.74, 6) is 1.08. The number of nitrogens with zero attached hydrogens (tertiary/aromatic N) is 2. The molecule has 11 nitrogen and oxygen atoms in total. The molecular weight excluding hydrogens is 568 g/mol. The summed E-state index contributed by atoms with van der Waals surface area (Å²) in [4.78, 5) is 41.4. The lowest BCUT2D eigenvalue weighted by Crippen LogP contribution is -2.59. The van der Waals surface area contributed by atoms with E-state index in [1.165, 1.54) is 23.5 Å². The molecule has 1 heterocycles. The van der Waals surface area contributed by atoms with Crippen LogP contribution in [0.25, 0.3) is 0 Å². The van der Waals surface area contributed by atoms with E-state index >= 15 is 0 Å². The average Bonchev–Trinajstić information content (AvgIpc) is 2.83. The number of unbranched alkanes of at least 4 members (excludes halogenated alkanes) is 2. The largest absolute Gasteiger partial charge is 0.392 e. The molecule has 0 aromatic carbocycles. The van der Waals surface area contributed by atoms with Crippen molar-refractivity contribution in [2.75, 3.05) is 57.3 Å². The van der Waals surface area contributed by atoms with E-state index in [-0.39, 0.29) is 35.0 Å². The number of nitrogens with one attached hydrogen (secondary N) is 2. The summed E-state index contributed by atoms with van der Waals surface area (Å²) in [5, 5.41) is 44.4. The summed E-state index contributed by atoms with van der Waals surface area (Å²) in [5.41, 5.74) is 0. The molecule has 1 amide bonds. The van der Waals surface area contributed by atoms with Gasteiger partial charge in [0.25, 0.3) is 0 Å². The fourth-order valence-corrected chi connectivity index (χ4v) is 6.52. The van der Waals surface area contributed by atoms with Crippen molar-refractivity contribution in [3.05, 3.63) is 0 Å². The van der Waals surface area contributed by atoms with E-state index < -0.39 is 30.5 Å². The van der Waals surface area contributed by atoms with Crippen LogP contribution >= 0.6 is 23.5 Å². The molecule has 13 heteroatoms. The monoisotopic (exact) mass is 622 g/mol. The van der Waals surface area contributed by atoms with E-state index in [0.717, 1.165) is 38.8 Å². The van der Waals surface area contributed by atoms with Gasteiger partial charge in [-0.1, -0.05) is 23.5 Å². The van der Waals surface area contributed by atoms with Crippen molar-refractivity contribution in [1.29, 1.82) is 0 Å². The van der Waals surface area contributed by atoms with Gasteiger partial charge < -0.3 is 31.1 Å². The van der Waals surface area contributed by atoms with Crippen molar-refractivity contribution in [2.45, 2.75) is 103 Å². The van der Waals surface area contributed by atoms with Crippen molar-refractivity contribution in [3.8, 4) is 0 Å². The number of hydrogen-bond acceptors (Lipinski definition) is 12. The summed E-state index contributed by atoms with van der Waals surface area (Å²) in [6.45, 7) is 10.8. The second-order valence-electron chi connectivity index (χ2n) is 11.3. The van der Waals surface area contributed by atoms with Gasteiger partial charge in [-0.3, -0.25) is 24.2 Å². The van der Waals surface area contributed by atoms with Gasteiger partial charge in [0, 0.05) is 63.1 Å². The number of carbonyl (C=O) groups excluding carboxylic acids is 3. The number of aliphatic hydroxyl groups is 4. The highest BCUT2D eigenvalue weighted by molar-refractivity contribution is 8.13. The first-order valence-corrected chi connectivity index (χ1v) is 16.8. The van der Waals surface area contributed by atoms with E-state index in [2.05, 4.69) is 10.6 Å². The molecular formula is C28H54N4O7S2. The lowest BCUT2D eigenvalue weighted by Gasteiger charge is -2.29. The molecule has 6 unspecified atom stereocenters. The first kappa shape index (κ1) is 38.3. The maximum Gasteiger partial charge on any atom is 0.237 e. The predicted molar refractivity (Wildman–Crippen MR) is 166 cm³/mol. The molecule has 0 aliphatic carbocycles. The summed E-state index contributed by atoms with van der Waals surface area (Å²) in [7, 11) is 0. The summed E-state index contributed by atoms with van der Waals surface area (Å²) in [6.07, 6.45) is 1.85. The van der Waals surface area contributed by atoms with Gasteiger partial charge in [-0.2, -0.15) is 0 Å². The van der Waals surface area contributed by atoms with Gasteiger partial charge in [0.2, 0.25) is 5.91 Å². The van der Waals surface area contributed by atoms with E-state index in [4.69, 9.17) is 0 Å². The minimum Gasteiger partial charge on any atom is -0.392 e. The maximum atomic E-state index is 12.5. The smallest absolute Gasteiger partial charge is 0.237 e. The molecule has 1 fully saturated rings. The average molecular weight is 623 g/mol. The summed E-state index contributed by atoms with van der Waals surface area (Å²) < 4.78 is 0. The molecule has 0 aromatic heterocycles. The normalized spacial score (nSPS) is 20.6. The van der Waals surface area contributed by atoms with Gasteiger partial charge in [0.15, 0.2) is 10.2 Å². The number of thioether (sulfide) groups is 2. The first-order valence-electron chi connectivity index (χ1n) is 14.9. The number of piperazine rings is 1. The maximum absolute atomic E-state index is 12.5. The molecule has 41 heavy (non-hydrogen) atoms. The predicted octanol–water partition coefficient (Wildman–Crippen LogP) is 0.430. The highest BCUT2D eigenvalue weighted by Crippen LogP contribution is 2.15. The van der Waals surface area contributed by atoms with Gasteiger partial charge >= 0.3 is 0 Å². The van der Waals surface area contributed by atoms with Gasteiger partial charge in [0.05, 0.1) is 30.5 Å². The van der Waals surface area contributed by atoms with Crippen molar-refractivity contribution >= 4 is 39.7 Å². The third kappa shape index (κ3) is 19.9. The molecule has 0 saturated carbocycles. The molecule has 0 aromatic rings. The Morgan fingerprint density at radius 1 is 0.756 bits per heavy atom. The van der Waals surface area contributed by atoms with Crippen LogP contribution in [0, 0.1) is 0 Å². The molecule has 6 N–H and O–H groups in total. The lowest BCUT2D eigenvalue weighted by atomic mass is 10.1. The highest BCUT2D eigenvalue weighted by atomic mass is 32.2. The molecule has 0 bridgehead atoms. The van der Waals surface area contributed by atoms with Crippen molar-refractivity contribution < 1.29 is 34.8 Å². The van der Waals surface area contributed by atoms with Gasteiger partial charge in [-0.15, -0.1) is 0 Å². The van der Waals surface area contributed by atoms with Crippen LogP contribution in [-0.4, -0.2) is 140 Å². The van der Waals surface area contributed by atoms with Gasteiger partial charge in [-0.05, 0) is 66.5 Å². The topological polar surface area (TPSA) is 163 Å². The molecule has 6 atom stereocenters. The minimum atomic E-state index is -0.590. The Kier molecular flexibility index (Phi) is 20.4. The number of carbonyl (C=O) groups is 3. The Hall–Kier alpha value is -0.770. The van der Waals surface area contributed by atoms with Crippen molar-refractivity contribution in [1.82, 2.24) is 20.4 Å². The van der Waals surface area contributed by atoms with E-state index in [1.54, 1.807) is 27.7 Å².